The van der Waals surface area contributed by atoms with E-state index in [1.165, 1.54) is 0 Å². The Labute approximate surface area is 196 Å². The average Bonchev–Trinajstić information content (AvgIpc) is 2.88. The summed E-state index contributed by atoms with van der Waals surface area (Å²) in [5.74, 6) is 0.0682. The minimum absolute atomic E-state index is 0.0682. The van der Waals surface area contributed by atoms with Gasteiger partial charge in [-0.2, -0.15) is 0 Å². The molecule has 0 aliphatic carbocycles. The van der Waals surface area contributed by atoms with Crippen LogP contribution in [0.2, 0.25) is 0 Å². The maximum atomic E-state index is 15.9. The van der Waals surface area contributed by atoms with Gasteiger partial charge >= 0.3 is 0 Å². The van der Waals surface area contributed by atoms with E-state index in [0.717, 1.165) is 17.5 Å². The SMILES string of the molecule is CC[C@H]1O[C@@H](C(F)c2ccccc2)[C@H](OCc2ccccc2)[C@@H](OCc2ccccc2)[C@@H]1C. The van der Waals surface area contributed by atoms with Gasteiger partial charge in [-0.05, 0) is 23.1 Å². The molecule has 1 heterocycles. The first-order valence-electron chi connectivity index (χ1n) is 11.8. The Balaban J connectivity index is 1.61. The zero-order valence-corrected chi connectivity index (χ0v) is 19.3. The fraction of sp³-hybridized carbons (Fsp3) is 0.379. The number of rotatable bonds is 9. The van der Waals surface area contributed by atoms with Crippen molar-refractivity contribution >= 4 is 0 Å². The minimum Gasteiger partial charge on any atom is -0.370 e. The molecule has 4 heteroatoms. The summed E-state index contributed by atoms with van der Waals surface area (Å²) in [6, 6.07) is 29.3. The van der Waals surface area contributed by atoms with Gasteiger partial charge in [0.25, 0.3) is 0 Å². The van der Waals surface area contributed by atoms with Crippen molar-refractivity contribution in [2.45, 2.75) is 64.1 Å². The third-order valence-electron chi connectivity index (χ3n) is 6.46. The van der Waals surface area contributed by atoms with Crippen molar-refractivity contribution in [2.24, 2.45) is 5.92 Å². The quantitative estimate of drug-likeness (QED) is 0.365. The summed E-state index contributed by atoms with van der Waals surface area (Å²) in [5.41, 5.74) is 2.72. The molecule has 1 unspecified atom stereocenters. The lowest BCUT2D eigenvalue weighted by Gasteiger charge is -2.46. The van der Waals surface area contributed by atoms with E-state index in [1.807, 2.05) is 78.9 Å². The molecule has 174 valence electrons. The molecule has 0 N–H and O–H groups in total. The summed E-state index contributed by atoms with van der Waals surface area (Å²) in [6.45, 7) is 5.02. The van der Waals surface area contributed by atoms with Crippen LogP contribution in [0, 0.1) is 5.92 Å². The Kier molecular flexibility index (Phi) is 8.27. The summed E-state index contributed by atoms with van der Waals surface area (Å²) in [5, 5.41) is 0. The number of hydrogen-bond donors (Lipinski definition) is 0. The van der Waals surface area contributed by atoms with Crippen LogP contribution in [-0.2, 0) is 27.4 Å². The molecule has 3 nitrogen and oxygen atoms in total. The number of benzene rings is 3. The third kappa shape index (κ3) is 5.89. The normalized spacial score (nSPS) is 26.1. The zero-order valence-electron chi connectivity index (χ0n) is 19.3. The van der Waals surface area contributed by atoms with Crippen LogP contribution < -0.4 is 0 Å². The number of hydrogen-bond acceptors (Lipinski definition) is 3. The lowest BCUT2D eigenvalue weighted by molar-refractivity contribution is -0.246. The van der Waals surface area contributed by atoms with Crippen LogP contribution in [0.1, 0.15) is 43.1 Å². The minimum atomic E-state index is -1.31. The monoisotopic (exact) mass is 448 g/mol. The molecule has 33 heavy (non-hydrogen) atoms. The van der Waals surface area contributed by atoms with E-state index >= 15 is 4.39 Å². The Hall–Kier alpha value is -2.53. The van der Waals surface area contributed by atoms with Crippen molar-refractivity contribution in [1.82, 2.24) is 0 Å². The molecular formula is C29H33FO3. The highest BCUT2D eigenvalue weighted by Crippen LogP contribution is 2.39. The standard InChI is InChI=1S/C29H33FO3/c1-3-25-21(2)27(31-19-22-13-7-4-8-14-22)29(32-20-23-15-9-5-10-16-23)28(33-25)26(30)24-17-11-6-12-18-24/h4-18,21,25-29H,3,19-20H2,1-2H3/t21-,25-,26?,27+,28+,29-/m1/s1. The Morgan fingerprint density at radius 3 is 1.76 bits per heavy atom. The van der Waals surface area contributed by atoms with Crippen LogP contribution >= 0.6 is 0 Å². The molecule has 3 aromatic carbocycles. The van der Waals surface area contributed by atoms with E-state index < -0.39 is 18.4 Å². The van der Waals surface area contributed by atoms with Gasteiger partial charge in [-0.25, -0.2) is 4.39 Å². The van der Waals surface area contributed by atoms with Crippen LogP contribution in [0.3, 0.4) is 0 Å². The lowest BCUT2D eigenvalue weighted by Crippen LogP contribution is -2.56. The molecule has 0 amide bonds. The van der Waals surface area contributed by atoms with E-state index in [9.17, 15) is 0 Å². The van der Waals surface area contributed by atoms with Gasteiger partial charge in [0.2, 0.25) is 0 Å². The van der Waals surface area contributed by atoms with Gasteiger partial charge in [0, 0.05) is 5.92 Å². The van der Waals surface area contributed by atoms with Crippen molar-refractivity contribution in [3.8, 4) is 0 Å². The molecule has 0 saturated carbocycles. The predicted octanol–water partition coefficient (Wildman–Crippen LogP) is 6.68. The molecule has 0 aromatic heterocycles. The van der Waals surface area contributed by atoms with Crippen molar-refractivity contribution in [3.05, 3.63) is 108 Å². The van der Waals surface area contributed by atoms with Gasteiger partial charge < -0.3 is 14.2 Å². The van der Waals surface area contributed by atoms with E-state index in [-0.39, 0.29) is 18.1 Å². The summed E-state index contributed by atoms with van der Waals surface area (Å²) in [6.07, 6.45) is -2.21. The van der Waals surface area contributed by atoms with Crippen LogP contribution in [0.4, 0.5) is 4.39 Å². The average molecular weight is 449 g/mol. The lowest BCUT2D eigenvalue weighted by atomic mass is 9.84. The summed E-state index contributed by atoms with van der Waals surface area (Å²) in [7, 11) is 0. The second-order valence-corrected chi connectivity index (χ2v) is 8.74. The molecular weight excluding hydrogens is 415 g/mol. The first-order chi connectivity index (χ1) is 16.2. The molecule has 1 fully saturated rings. The maximum Gasteiger partial charge on any atom is 0.154 e. The van der Waals surface area contributed by atoms with Gasteiger partial charge in [0.15, 0.2) is 6.17 Å². The Bertz CT molecular complexity index is 950. The maximum absolute atomic E-state index is 15.9. The Morgan fingerprint density at radius 2 is 1.24 bits per heavy atom. The van der Waals surface area contributed by atoms with Crippen molar-refractivity contribution in [1.29, 1.82) is 0 Å². The highest BCUT2D eigenvalue weighted by Gasteiger charge is 2.48. The van der Waals surface area contributed by atoms with Gasteiger partial charge in [-0.3, -0.25) is 0 Å². The number of ether oxygens (including phenoxy) is 3. The highest BCUT2D eigenvalue weighted by atomic mass is 19.1. The van der Waals surface area contributed by atoms with Gasteiger partial charge in [-0.1, -0.05) is 105 Å². The Morgan fingerprint density at radius 1 is 0.758 bits per heavy atom. The summed E-state index contributed by atoms with van der Waals surface area (Å²) in [4.78, 5) is 0. The fourth-order valence-corrected chi connectivity index (χ4v) is 4.60. The first-order valence-corrected chi connectivity index (χ1v) is 11.8. The smallest absolute Gasteiger partial charge is 0.154 e. The molecule has 3 aromatic rings. The molecule has 1 saturated heterocycles. The third-order valence-corrected chi connectivity index (χ3v) is 6.46. The van der Waals surface area contributed by atoms with E-state index in [2.05, 4.69) is 13.8 Å². The predicted molar refractivity (Wildman–Crippen MR) is 128 cm³/mol. The van der Waals surface area contributed by atoms with Crippen LogP contribution in [0.5, 0.6) is 0 Å². The molecule has 6 atom stereocenters. The number of halogens is 1. The van der Waals surface area contributed by atoms with Crippen molar-refractivity contribution in [2.75, 3.05) is 0 Å². The van der Waals surface area contributed by atoms with Gasteiger partial charge in [0.1, 0.15) is 12.2 Å². The van der Waals surface area contributed by atoms with E-state index in [1.54, 1.807) is 12.1 Å². The second-order valence-electron chi connectivity index (χ2n) is 8.74. The highest BCUT2D eigenvalue weighted by molar-refractivity contribution is 5.20. The second kappa shape index (κ2) is 11.6. The molecule has 0 bridgehead atoms. The van der Waals surface area contributed by atoms with Crippen LogP contribution in [0.25, 0.3) is 0 Å². The van der Waals surface area contributed by atoms with Crippen LogP contribution in [0.15, 0.2) is 91.0 Å². The fourth-order valence-electron chi connectivity index (χ4n) is 4.60. The van der Waals surface area contributed by atoms with Gasteiger partial charge in [0.05, 0.1) is 25.4 Å². The molecule has 1 aliphatic heterocycles. The van der Waals surface area contributed by atoms with Crippen LogP contribution in [-0.4, -0.2) is 24.4 Å². The summed E-state index contributed by atoms with van der Waals surface area (Å²) >= 11 is 0. The van der Waals surface area contributed by atoms with Crippen molar-refractivity contribution < 1.29 is 18.6 Å². The molecule has 0 radical (unpaired) electrons. The summed E-state index contributed by atoms with van der Waals surface area (Å²) < 4.78 is 35.1. The largest absolute Gasteiger partial charge is 0.370 e. The number of alkyl halides is 1. The van der Waals surface area contributed by atoms with Crippen molar-refractivity contribution in [3.63, 3.8) is 0 Å². The zero-order chi connectivity index (χ0) is 23.0. The van der Waals surface area contributed by atoms with Gasteiger partial charge in [-0.15, -0.1) is 0 Å². The molecule has 4 rings (SSSR count). The van der Waals surface area contributed by atoms with E-state index in [4.69, 9.17) is 14.2 Å². The molecule has 0 spiro atoms. The topological polar surface area (TPSA) is 27.7 Å². The first kappa shape index (κ1) is 23.6. The van der Waals surface area contributed by atoms with E-state index in [0.29, 0.717) is 18.8 Å². The molecule has 1 aliphatic rings.